The van der Waals surface area contributed by atoms with Crippen LogP contribution < -0.4 is 10.2 Å². The second-order valence-corrected chi connectivity index (χ2v) is 5.72. The third kappa shape index (κ3) is 4.11. The number of amides is 1. The van der Waals surface area contributed by atoms with Gasteiger partial charge in [-0.15, -0.1) is 0 Å². The molecule has 0 spiro atoms. The standard InChI is InChI=1S/C14H12Br2N2O4/c1-2-21-11-6-8(5-9(15)13(11)19)7-17-18-14(20)10-3-4-12(16)22-10/h3-7,19H,2H2,1H3,(H,18,20)/b17-7-. The van der Waals surface area contributed by atoms with Gasteiger partial charge >= 0.3 is 5.91 Å². The first-order valence-electron chi connectivity index (χ1n) is 6.25. The number of hydrogen-bond donors (Lipinski definition) is 2. The molecule has 1 aromatic heterocycles. The van der Waals surface area contributed by atoms with E-state index in [0.29, 0.717) is 27.1 Å². The van der Waals surface area contributed by atoms with Crippen LogP contribution in [0.15, 0.2) is 42.9 Å². The molecule has 0 aliphatic heterocycles. The number of phenols is 1. The van der Waals surface area contributed by atoms with E-state index in [9.17, 15) is 9.90 Å². The van der Waals surface area contributed by atoms with Crippen molar-refractivity contribution in [2.45, 2.75) is 6.92 Å². The average molecular weight is 432 g/mol. The van der Waals surface area contributed by atoms with E-state index < -0.39 is 5.91 Å². The number of carbonyl (C=O) groups excluding carboxylic acids is 1. The van der Waals surface area contributed by atoms with Gasteiger partial charge in [-0.1, -0.05) is 0 Å². The molecule has 0 radical (unpaired) electrons. The van der Waals surface area contributed by atoms with E-state index in [0.717, 1.165) is 0 Å². The maximum Gasteiger partial charge on any atom is 0.307 e. The van der Waals surface area contributed by atoms with Crippen molar-refractivity contribution < 1.29 is 19.1 Å². The van der Waals surface area contributed by atoms with Crippen molar-refractivity contribution in [1.82, 2.24) is 5.43 Å². The molecule has 0 saturated heterocycles. The molecule has 1 aromatic carbocycles. The van der Waals surface area contributed by atoms with Crippen LogP contribution in [0.5, 0.6) is 11.5 Å². The minimum atomic E-state index is -0.468. The summed E-state index contributed by atoms with van der Waals surface area (Å²) in [6, 6.07) is 6.41. The molecule has 0 aliphatic carbocycles. The molecule has 0 unspecified atom stereocenters. The molecular formula is C14H12Br2N2O4. The van der Waals surface area contributed by atoms with Gasteiger partial charge < -0.3 is 14.3 Å². The molecule has 2 rings (SSSR count). The molecule has 2 aromatic rings. The minimum absolute atomic E-state index is 0.0171. The number of hydrogen-bond acceptors (Lipinski definition) is 5. The Kier molecular flexibility index (Phi) is 5.62. The molecule has 0 aliphatic rings. The summed E-state index contributed by atoms with van der Waals surface area (Å²) in [5.74, 6) is 0.0267. The lowest BCUT2D eigenvalue weighted by atomic mass is 10.2. The summed E-state index contributed by atoms with van der Waals surface area (Å²) in [7, 11) is 0. The number of benzene rings is 1. The Labute approximate surface area is 143 Å². The predicted octanol–water partition coefficient (Wildman–Crippen LogP) is 3.67. The fourth-order valence-electron chi connectivity index (χ4n) is 1.59. The Bertz CT molecular complexity index is 713. The third-order valence-corrected chi connectivity index (χ3v) is 3.56. The highest BCUT2D eigenvalue weighted by atomic mass is 79.9. The van der Waals surface area contributed by atoms with Crippen LogP contribution in [0, 0.1) is 0 Å². The lowest BCUT2D eigenvalue weighted by Gasteiger charge is -2.08. The van der Waals surface area contributed by atoms with Crippen LogP contribution in [0.1, 0.15) is 23.0 Å². The van der Waals surface area contributed by atoms with Gasteiger partial charge in [-0.25, -0.2) is 5.43 Å². The molecule has 8 heteroatoms. The van der Waals surface area contributed by atoms with Crippen LogP contribution in [0.25, 0.3) is 0 Å². The van der Waals surface area contributed by atoms with Crippen LogP contribution in [-0.2, 0) is 0 Å². The summed E-state index contributed by atoms with van der Waals surface area (Å²) in [6.45, 7) is 2.24. The van der Waals surface area contributed by atoms with Crippen LogP contribution in [-0.4, -0.2) is 23.8 Å². The van der Waals surface area contributed by atoms with E-state index >= 15 is 0 Å². The maximum absolute atomic E-state index is 11.7. The summed E-state index contributed by atoms with van der Waals surface area (Å²) in [6.07, 6.45) is 1.43. The number of nitrogens with zero attached hydrogens (tertiary/aromatic N) is 1. The summed E-state index contributed by atoms with van der Waals surface area (Å²) >= 11 is 6.34. The topological polar surface area (TPSA) is 84.1 Å². The quantitative estimate of drug-likeness (QED) is 0.558. The molecule has 6 nitrogen and oxygen atoms in total. The zero-order valence-electron chi connectivity index (χ0n) is 11.5. The Morgan fingerprint density at radius 3 is 2.86 bits per heavy atom. The largest absolute Gasteiger partial charge is 0.503 e. The van der Waals surface area contributed by atoms with Crippen LogP contribution in [0.2, 0.25) is 0 Å². The number of aromatic hydroxyl groups is 1. The van der Waals surface area contributed by atoms with Crippen LogP contribution in [0.4, 0.5) is 0 Å². The van der Waals surface area contributed by atoms with Gasteiger partial charge in [0.05, 0.1) is 17.3 Å². The molecule has 0 saturated carbocycles. The van der Waals surface area contributed by atoms with Crippen LogP contribution in [0.3, 0.4) is 0 Å². The Balaban J connectivity index is 2.08. The summed E-state index contributed by atoms with van der Waals surface area (Å²) < 4.78 is 11.3. The lowest BCUT2D eigenvalue weighted by molar-refractivity contribution is 0.0926. The smallest absolute Gasteiger partial charge is 0.307 e. The second-order valence-electron chi connectivity index (χ2n) is 4.09. The van der Waals surface area contributed by atoms with Gasteiger partial charge in [-0.2, -0.15) is 5.10 Å². The fourth-order valence-corrected chi connectivity index (χ4v) is 2.36. The van der Waals surface area contributed by atoms with Gasteiger partial charge in [0.15, 0.2) is 21.9 Å². The normalized spacial score (nSPS) is 10.9. The molecule has 0 atom stereocenters. The van der Waals surface area contributed by atoms with E-state index in [2.05, 4.69) is 42.4 Å². The predicted molar refractivity (Wildman–Crippen MR) is 88.4 cm³/mol. The first kappa shape index (κ1) is 16.6. The van der Waals surface area contributed by atoms with Gasteiger partial charge in [0, 0.05) is 0 Å². The van der Waals surface area contributed by atoms with Crippen molar-refractivity contribution >= 4 is 44.0 Å². The monoisotopic (exact) mass is 430 g/mol. The molecule has 1 heterocycles. The number of furan rings is 1. The maximum atomic E-state index is 11.7. The Morgan fingerprint density at radius 2 is 2.23 bits per heavy atom. The number of rotatable bonds is 5. The second kappa shape index (κ2) is 7.46. The van der Waals surface area contributed by atoms with Crippen molar-refractivity contribution in [2.24, 2.45) is 5.10 Å². The number of carbonyl (C=O) groups is 1. The van der Waals surface area contributed by atoms with E-state index in [-0.39, 0.29) is 11.5 Å². The summed E-state index contributed by atoms with van der Waals surface area (Å²) in [5, 5.41) is 13.7. The van der Waals surface area contributed by atoms with Gasteiger partial charge in [0.1, 0.15) is 0 Å². The Hall–Kier alpha value is -1.80. The van der Waals surface area contributed by atoms with E-state index in [1.165, 1.54) is 12.3 Å². The molecule has 116 valence electrons. The van der Waals surface area contributed by atoms with E-state index in [1.54, 1.807) is 18.2 Å². The zero-order chi connectivity index (χ0) is 16.1. The first-order valence-corrected chi connectivity index (χ1v) is 7.84. The minimum Gasteiger partial charge on any atom is -0.503 e. The van der Waals surface area contributed by atoms with E-state index in [1.807, 2.05) is 6.92 Å². The van der Waals surface area contributed by atoms with Gasteiger partial charge in [0.25, 0.3) is 0 Å². The SMILES string of the molecule is CCOc1cc(/C=N\NC(=O)c2ccc(Br)o2)cc(Br)c1O. The Morgan fingerprint density at radius 1 is 1.45 bits per heavy atom. The number of halogens is 2. The molecule has 1 amide bonds. The highest BCUT2D eigenvalue weighted by molar-refractivity contribution is 9.10. The van der Waals surface area contributed by atoms with Crippen molar-refractivity contribution in [3.05, 3.63) is 44.7 Å². The number of hydrazone groups is 1. The fraction of sp³-hybridized carbons (Fsp3) is 0.143. The molecule has 0 fully saturated rings. The molecule has 0 bridgehead atoms. The summed E-state index contributed by atoms with van der Waals surface area (Å²) in [4.78, 5) is 11.7. The average Bonchev–Trinajstić information content (AvgIpc) is 2.91. The third-order valence-electron chi connectivity index (χ3n) is 2.53. The van der Waals surface area contributed by atoms with Crippen molar-refractivity contribution in [1.29, 1.82) is 0 Å². The number of nitrogens with one attached hydrogen (secondary N) is 1. The number of ether oxygens (including phenoxy) is 1. The zero-order valence-corrected chi connectivity index (χ0v) is 14.6. The van der Waals surface area contributed by atoms with E-state index in [4.69, 9.17) is 9.15 Å². The number of phenolic OH excluding ortho intramolecular Hbond substituents is 1. The lowest BCUT2D eigenvalue weighted by Crippen LogP contribution is -2.16. The summed E-state index contributed by atoms with van der Waals surface area (Å²) in [5.41, 5.74) is 2.99. The van der Waals surface area contributed by atoms with Crippen molar-refractivity contribution in [3.8, 4) is 11.5 Å². The molecule has 2 N–H and O–H groups in total. The van der Waals surface area contributed by atoms with Gasteiger partial charge in [0.2, 0.25) is 0 Å². The molecular weight excluding hydrogens is 420 g/mol. The highest BCUT2D eigenvalue weighted by Crippen LogP contribution is 2.35. The highest BCUT2D eigenvalue weighted by Gasteiger charge is 2.10. The first-order chi connectivity index (χ1) is 10.5. The van der Waals surface area contributed by atoms with Crippen LogP contribution >= 0.6 is 31.9 Å². The van der Waals surface area contributed by atoms with Crippen molar-refractivity contribution in [2.75, 3.05) is 6.61 Å². The van der Waals surface area contributed by atoms with Gasteiger partial charge in [-0.3, -0.25) is 4.79 Å². The molecule has 22 heavy (non-hydrogen) atoms. The van der Waals surface area contributed by atoms with Gasteiger partial charge in [-0.05, 0) is 68.6 Å². The van der Waals surface area contributed by atoms with Crippen molar-refractivity contribution in [3.63, 3.8) is 0 Å².